The molecule has 0 unspecified atom stereocenters. The Morgan fingerprint density at radius 2 is 2.62 bits per heavy atom. The van der Waals surface area contributed by atoms with Gasteiger partial charge in [0.05, 0.1) is 18.2 Å². The van der Waals surface area contributed by atoms with Crippen LogP contribution in [-0.4, -0.2) is 52.4 Å². The molecule has 1 aliphatic rings. The molecule has 1 aliphatic heterocycles. The summed E-state index contributed by atoms with van der Waals surface area (Å²) in [6.07, 6.45) is -0.858. The van der Waals surface area contributed by atoms with Crippen molar-refractivity contribution in [3.05, 3.63) is 16.6 Å². The third kappa shape index (κ3) is 2.22. The Bertz CT molecular complexity index is 370. The molecule has 2 heterocycles. The molecule has 1 aromatic heterocycles. The van der Waals surface area contributed by atoms with Crippen LogP contribution >= 0.6 is 11.3 Å². The normalized spacial score (nSPS) is 29.2. The number of amides is 1. The second-order valence-corrected chi connectivity index (χ2v) is 4.53. The van der Waals surface area contributed by atoms with Gasteiger partial charge in [0.2, 0.25) is 0 Å². The van der Waals surface area contributed by atoms with Gasteiger partial charge in [-0.05, 0) is 0 Å². The Morgan fingerprint density at radius 1 is 1.81 bits per heavy atom. The molecule has 6 nitrogen and oxygen atoms in total. The van der Waals surface area contributed by atoms with Gasteiger partial charge in [0.1, 0.15) is 11.3 Å². The van der Waals surface area contributed by atoms with Crippen molar-refractivity contribution in [1.82, 2.24) is 15.6 Å². The average Bonchev–Trinajstić information content (AvgIpc) is 2.87. The maximum atomic E-state index is 11.5. The lowest BCUT2D eigenvalue weighted by Crippen LogP contribution is -2.51. The Morgan fingerprint density at radius 3 is 3.19 bits per heavy atom. The minimum absolute atomic E-state index is 0.0114. The summed E-state index contributed by atoms with van der Waals surface area (Å²) in [5.74, 6) is -0.339. The summed E-state index contributed by atoms with van der Waals surface area (Å²) >= 11 is 1.33. The first-order valence-electron chi connectivity index (χ1n) is 4.89. The van der Waals surface area contributed by atoms with Crippen molar-refractivity contribution in [2.75, 3.05) is 19.6 Å². The smallest absolute Gasteiger partial charge is 0.270 e. The highest BCUT2D eigenvalue weighted by Crippen LogP contribution is 2.14. The van der Waals surface area contributed by atoms with E-state index in [0.29, 0.717) is 12.2 Å². The predicted octanol–water partition coefficient (Wildman–Crippen LogP) is -1.43. The average molecular weight is 243 g/mol. The first kappa shape index (κ1) is 11.5. The molecule has 0 aromatic carbocycles. The third-order valence-electron chi connectivity index (χ3n) is 2.61. The molecule has 0 radical (unpaired) electrons. The fraction of sp³-hybridized carbons (Fsp3) is 0.556. The van der Waals surface area contributed by atoms with Crippen molar-refractivity contribution >= 4 is 17.2 Å². The van der Waals surface area contributed by atoms with E-state index in [-0.39, 0.29) is 19.0 Å². The van der Waals surface area contributed by atoms with Crippen LogP contribution in [0.3, 0.4) is 0 Å². The molecule has 2 atom stereocenters. The van der Waals surface area contributed by atoms with E-state index in [9.17, 15) is 15.0 Å². The SMILES string of the molecule is O=C(NC[C@]1(O)CNC[C@H]1O)c1cscn1. The Labute approximate surface area is 96.3 Å². The van der Waals surface area contributed by atoms with Gasteiger partial charge in [-0.1, -0.05) is 0 Å². The van der Waals surface area contributed by atoms with E-state index in [4.69, 9.17) is 0 Å². The van der Waals surface area contributed by atoms with E-state index >= 15 is 0 Å². The van der Waals surface area contributed by atoms with E-state index in [1.165, 1.54) is 11.3 Å². The molecule has 4 N–H and O–H groups in total. The van der Waals surface area contributed by atoms with Gasteiger partial charge in [-0.15, -0.1) is 11.3 Å². The van der Waals surface area contributed by atoms with Crippen molar-refractivity contribution in [3.8, 4) is 0 Å². The molecule has 7 heteroatoms. The van der Waals surface area contributed by atoms with Gasteiger partial charge >= 0.3 is 0 Å². The maximum absolute atomic E-state index is 11.5. The summed E-state index contributed by atoms with van der Waals surface area (Å²) < 4.78 is 0. The Balaban J connectivity index is 1.90. The van der Waals surface area contributed by atoms with E-state index in [1.807, 2.05) is 0 Å². The largest absolute Gasteiger partial charge is 0.389 e. The minimum atomic E-state index is -1.29. The summed E-state index contributed by atoms with van der Waals surface area (Å²) in [5.41, 5.74) is 0.607. The van der Waals surface area contributed by atoms with Crippen LogP contribution < -0.4 is 10.6 Å². The monoisotopic (exact) mass is 243 g/mol. The number of carbonyl (C=O) groups excluding carboxylic acids is 1. The number of thiazole rings is 1. The van der Waals surface area contributed by atoms with Crippen LogP contribution in [0.15, 0.2) is 10.9 Å². The number of hydrogen-bond acceptors (Lipinski definition) is 6. The summed E-state index contributed by atoms with van der Waals surface area (Å²) in [6, 6.07) is 0. The molecule has 1 aromatic rings. The van der Waals surface area contributed by atoms with Gasteiger partial charge in [-0.25, -0.2) is 4.98 Å². The number of nitrogens with zero attached hydrogens (tertiary/aromatic N) is 1. The number of nitrogens with one attached hydrogen (secondary N) is 2. The number of rotatable bonds is 3. The van der Waals surface area contributed by atoms with Gasteiger partial charge in [-0.2, -0.15) is 0 Å². The number of aromatic nitrogens is 1. The number of aliphatic hydroxyl groups is 2. The zero-order chi connectivity index (χ0) is 11.6. The number of aliphatic hydroxyl groups excluding tert-OH is 1. The van der Waals surface area contributed by atoms with Gasteiger partial charge in [-0.3, -0.25) is 4.79 Å². The molecule has 2 rings (SSSR count). The highest BCUT2D eigenvalue weighted by Gasteiger charge is 2.40. The molecule has 1 saturated heterocycles. The van der Waals surface area contributed by atoms with Crippen molar-refractivity contribution in [3.63, 3.8) is 0 Å². The van der Waals surface area contributed by atoms with E-state index < -0.39 is 11.7 Å². The van der Waals surface area contributed by atoms with E-state index in [1.54, 1.807) is 10.9 Å². The fourth-order valence-corrected chi connectivity index (χ4v) is 2.09. The topological polar surface area (TPSA) is 94.5 Å². The molecule has 1 amide bonds. The molecule has 0 spiro atoms. The zero-order valence-electron chi connectivity index (χ0n) is 8.51. The lowest BCUT2D eigenvalue weighted by Gasteiger charge is -2.25. The molecule has 1 fully saturated rings. The summed E-state index contributed by atoms with van der Waals surface area (Å²) in [6.45, 7) is 0.617. The zero-order valence-corrected chi connectivity index (χ0v) is 9.33. The van der Waals surface area contributed by atoms with Crippen LogP contribution in [0, 0.1) is 0 Å². The first-order chi connectivity index (χ1) is 7.62. The predicted molar refractivity (Wildman–Crippen MR) is 58.3 cm³/mol. The van der Waals surface area contributed by atoms with Crippen molar-refractivity contribution in [2.24, 2.45) is 0 Å². The standard InChI is InChI=1S/C9H13N3O3S/c13-7-1-10-3-9(7,15)4-11-8(14)6-2-16-5-12-6/h2,5,7,10,13,15H,1,3-4H2,(H,11,14)/t7-,9-/m1/s1. The second kappa shape index (κ2) is 4.46. The third-order valence-corrected chi connectivity index (χ3v) is 3.20. The fourth-order valence-electron chi connectivity index (χ4n) is 1.56. The van der Waals surface area contributed by atoms with Crippen molar-refractivity contribution in [2.45, 2.75) is 11.7 Å². The molecular formula is C9H13N3O3S. The lowest BCUT2D eigenvalue weighted by atomic mass is 10.0. The number of hydrogen-bond donors (Lipinski definition) is 4. The van der Waals surface area contributed by atoms with Gasteiger partial charge < -0.3 is 20.8 Å². The first-order valence-corrected chi connectivity index (χ1v) is 5.84. The van der Waals surface area contributed by atoms with Gasteiger partial charge in [0, 0.05) is 18.5 Å². The highest BCUT2D eigenvalue weighted by atomic mass is 32.1. The number of carbonyl (C=O) groups is 1. The van der Waals surface area contributed by atoms with E-state index in [0.717, 1.165) is 0 Å². The quantitative estimate of drug-likeness (QED) is 0.522. The van der Waals surface area contributed by atoms with Crippen molar-refractivity contribution in [1.29, 1.82) is 0 Å². The van der Waals surface area contributed by atoms with Crippen LogP contribution in [0.25, 0.3) is 0 Å². The molecule has 0 aliphatic carbocycles. The highest BCUT2D eigenvalue weighted by molar-refractivity contribution is 7.07. The van der Waals surface area contributed by atoms with Crippen LogP contribution in [0.1, 0.15) is 10.5 Å². The summed E-state index contributed by atoms with van der Waals surface area (Å²) in [4.78, 5) is 15.4. The molecule has 88 valence electrons. The van der Waals surface area contributed by atoms with Crippen molar-refractivity contribution < 1.29 is 15.0 Å². The van der Waals surface area contributed by atoms with Crippen LogP contribution in [0.2, 0.25) is 0 Å². The van der Waals surface area contributed by atoms with Crippen LogP contribution in [0.5, 0.6) is 0 Å². The van der Waals surface area contributed by atoms with E-state index in [2.05, 4.69) is 15.6 Å². The molecule has 16 heavy (non-hydrogen) atoms. The van der Waals surface area contributed by atoms with Gasteiger partial charge in [0.25, 0.3) is 5.91 Å². The Kier molecular flexibility index (Phi) is 3.20. The number of β-amino-alcohol motifs (C(OH)–C–C–N with tert-alkyl or cyclic N) is 2. The molecule has 0 bridgehead atoms. The van der Waals surface area contributed by atoms with Gasteiger partial charge in [0.15, 0.2) is 0 Å². The van der Waals surface area contributed by atoms with Crippen LogP contribution in [0.4, 0.5) is 0 Å². The van der Waals surface area contributed by atoms with Crippen LogP contribution in [-0.2, 0) is 0 Å². The lowest BCUT2D eigenvalue weighted by molar-refractivity contribution is -0.0366. The summed E-state index contributed by atoms with van der Waals surface area (Å²) in [7, 11) is 0. The maximum Gasteiger partial charge on any atom is 0.270 e. The molecule has 0 saturated carbocycles. The molecular weight excluding hydrogens is 230 g/mol. The Hall–Kier alpha value is -1.02. The second-order valence-electron chi connectivity index (χ2n) is 3.81. The summed E-state index contributed by atoms with van der Waals surface area (Å²) in [5, 5.41) is 26.5. The minimum Gasteiger partial charge on any atom is -0.389 e.